The number of aromatic nitrogens is 2. The van der Waals surface area contributed by atoms with E-state index in [4.69, 9.17) is 0 Å². The molecule has 3 rings (SSSR count). The van der Waals surface area contributed by atoms with Gasteiger partial charge >= 0.3 is 6.03 Å². The zero-order valence-corrected chi connectivity index (χ0v) is 14.1. The van der Waals surface area contributed by atoms with Gasteiger partial charge in [-0.05, 0) is 45.7 Å². The Balaban J connectivity index is 1.69. The number of likely N-dealkylation sites (tertiary alicyclic amines) is 1. The second-order valence-electron chi connectivity index (χ2n) is 5.87. The minimum atomic E-state index is 0.0218. The molecule has 1 atom stereocenters. The highest BCUT2D eigenvalue weighted by atomic mass is 32.1. The van der Waals surface area contributed by atoms with Crippen LogP contribution in [-0.2, 0) is 6.54 Å². The van der Waals surface area contributed by atoms with Crippen LogP contribution in [0, 0.1) is 20.8 Å². The predicted octanol–water partition coefficient (Wildman–Crippen LogP) is 3.44. The van der Waals surface area contributed by atoms with Gasteiger partial charge in [-0.2, -0.15) is 5.10 Å². The number of aryl methyl sites for hydroxylation is 3. The van der Waals surface area contributed by atoms with Crippen LogP contribution in [0.5, 0.6) is 0 Å². The molecule has 0 bridgehead atoms. The first-order valence-corrected chi connectivity index (χ1v) is 8.49. The van der Waals surface area contributed by atoms with Crippen LogP contribution in [0.2, 0.25) is 0 Å². The molecule has 5 nitrogen and oxygen atoms in total. The molecule has 118 valence electrons. The topological polar surface area (TPSA) is 61.0 Å². The molecular weight excluding hydrogens is 296 g/mol. The lowest BCUT2D eigenvalue weighted by molar-refractivity contribution is 0.192. The van der Waals surface area contributed by atoms with E-state index in [1.807, 2.05) is 18.7 Å². The average Bonchev–Trinajstić information content (AvgIpc) is 3.18. The standard InChI is InChI=1S/C16H22N4OS/c1-10-6-7-13(22-10)9-17-16(21)20-8-4-5-14(20)15-11(2)18-19-12(15)3/h6-7,14H,4-5,8-9H2,1-3H3,(H,17,21)(H,18,19). The van der Waals surface area contributed by atoms with E-state index in [1.165, 1.54) is 15.3 Å². The Labute approximate surface area is 134 Å². The number of carbonyl (C=O) groups excluding carboxylic acids is 1. The molecule has 0 aliphatic carbocycles. The van der Waals surface area contributed by atoms with Crippen molar-refractivity contribution >= 4 is 17.4 Å². The number of amides is 2. The van der Waals surface area contributed by atoms with Gasteiger partial charge < -0.3 is 10.2 Å². The Bertz CT molecular complexity index is 656. The van der Waals surface area contributed by atoms with Crippen molar-refractivity contribution in [3.05, 3.63) is 38.8 Å². The van der Waals surface area contributed by atoms with E-state index in [-0.39, 0.29) is 12.1 Å². The largest absolute Gasteiger partial charge is 0.333 e. The Morgan fingerprint density at radius 2 is 2.27 bits per heavy atom. The Kier molecular flexibility index (Phi) is 4.20. The summed E-state index contributed by atoms with van der Waals surface area (Å²) in [6, 6.07) is 4.33. The third-order valence-corrected chi connectivity index (χ3v) is 5.24. The maximum absolute atomic E-state index is 12.5. The zero-order chi connectivity index (χ0) is 15.7. The van der Waals surface area contributed by atoms with Crippen molar-refractivity contribution in [2.24, 2.45) is 0 Å². The second-order valence-corrected chi connectivity index (χ2v) is 7.24. The van der Waals surface area contributed by atoms with E-state index in [0.29, 0.717) is 6.54 Å². The molecule has 22 heavy (non-hydrogen) atoms. The fourth-order valence-corrected chi connectivity index (χ4v) is 4.03. The third kappa shape index (κ3) is 2.88. The quantitative estimate of drug-likeness (QED) is 0.910. The van der Waals surface area contributed by atoms with Crippen molar-refractivity contribution in [2.75, 3.05) is 6.54 Å². The summed E-state index contributed by atoms with van der Waals surface area (Å²) in [6.07, 6.45) is 2.05. The number of aromatic amines is 1. The van der Waals surface area contributed by atoms with Crippen molar-refractivity contribution in [3.63, 3.8) is 0 Å². The monoisotopic (exact) mass is 318 g/mol. The smallest absolute Gasteiger partial charge is 0.318 e. The van der Waals surface area contributed by atoms with E-state index in [2.05, 4.69) is 34.6 Å². The Morgan fingerprint density at radius 3 is 2.91 bits per heavy atom. The van der Waals surface area contributed by atoms with Gasteiger partial charge in [-0.25, -0.2) is 4.79 Å². The van der Waals surface area contributed by atoms with E-state index in [0.717, 1.165) is 30.8 Å². The molecule has 1 aliphatic heterocycles. The first-order chi connectivity index (χ1) is 10.6. The number of urea groups is 1. The van der Waals surface area contributed by atoms with Crippen LogP contribution < -0.4 is 5.32 Å². The predicted molar refractivity (Wildman–Crippen MR) is 88.0 cm³/mol. The highest BCUT2D eigenvalue weighted by Crippen LogP contribution is 2.34. The van der Waals surface area contributed by atoms with Crippen LogP contribution in [0.25, 0.3) is 0 Å². The first kappa shape index (κ1) is 15.1. The maximum Gasteiger partial charge on any atom is 0.318 e. The number of hydrogen-bond acceptors (Lipinski definition) is 3. The fraction of sp³-hybridized carbons (Fsp3) is 0.500. The van der Waals surface area contributed by atoms with Crippen LogP contribution in [0.4, 0.5) is 4.79 Å². The van der Waals surface area contributed by atoms with Gasteiger partial charge in [0, 0.05) is 27.6 Å². The summed E-state index contributed by atoms with van der Waals surface area (Å²) in [6.45, 7) is 7.52. The molecule has 0 spiro atoms. The summed E-state index contributed by atoms with van der Waals surface area (Å²) in [5.41, 5.74) is 3.24. The normalized spacial score (nSPS) is 18.0. The van der Waals surface area contributed by atoms with Crippen LogP contribution >= 0.6 is 11.3 Å². The van der Waals surface area contributed by atoms with Crippen molar-refractivity contribution in [1.82, 2.24) is 20.4 Å². The summed E-state index contributed by atoms with van der Waals surface area (Å²) in [5, 5.41) is 10.3. The summed E-state index contributed by atoms with van der Waals surface area (Å²) >= 11 is 1.73. The molecule has 2 aromatic rings. The van der Waals surface area contributed by atoms with Crippen LogP contribution in [0.15, 0.2) is 12.1 Å². The van der Waals surface area contributed by atoms with Gasteiger partial charge in [0.05, 0.1) is 18.3 Å². The number of thiophene rings is 1. The number of nitrogens with one attached hydrogen (secondary N) is 2. The summed E-state index contributed by atoms with van der Waals surface area (Å²) in [4.78, 5) is 17.0. The molecule has 0 saturated carbocycles. The molecule has 1 saturated heterocycles. The van der Waals surface area contributed by atoms with Crippen LogP contribution in [0.3, 0.4) is 0 Å². The molecule has 2 amide bonds. The van der Waals surface area contributed by atoms with Gasteiger partial charge in [-0.3, -0.25) is 5.10 Å². The van der Waals surface area contributed by atoms with E-state index in [9.17, 15) is 4.79 Å². The summed E-state index contributed by atoms with van der Waals surface area (Å²) < 4.78 is 0. The first-order valence-electron chi connectivity index (χ1n) is 7.67. The molecule has 0 radical (unpaired) electrons. The zero-order valence-electron chi connectivity index (χ0n) is 13.3. The fourth-order valence-electron chi connectivity index (χ4n) is 3.20. The highest BCUT2D eigenvalue weighted by Gasteiger charge is 2.32. The lowest BCUT2D eigenvalue weighted by atomic mass is 10.0. The molecule has 1 aliphatic rings. The highest BCUT2D eigenvalue weighted by molar-refractivity contribution is 7.11. The minimum Gasteiger partial charge on any atom is -0.333 e. The minimum absolute atomic E-state index is 0.0218. The van der Waals surface area contributed by atoms with Gasteiger partial charge in [0.1, 0.15) is 0 Å². The van der Waals surface area contributed by atoms with Crippen molar-refractivity contribution in [2.45, 2.75) is 46.2 Å². The molecule has 2 N–H and O–H groups in total. The Morgan fingerprint density at radius 1 is 1.45 bits per heavy atom. The van der Waals surface area contributed by atoms with Gasteiger partial charge in [0.25, 0.3) is 0 Å². The van der Waals surface area contributed by atoms with Crippen LogP contribution in [0.1, 0.15) is 45.6 Å². The number of rotatable bonds is 3. The Hall–Kier alpha value is -1.82. The van der Waals surface area contributed by atoms with Crippen molar-refractivity contribution < 1.29 is 4.79 Å². The van der Waals surface area contributed by atoms with E-state index in [1.54, 1.807) is 11.3 Å². The maximum atomic E-state index is 12.5. The molecule has 6 heteroatoms. The number of hydrogen-bond donors (Lipinski definition) is 2. The molecule has 1 unspecified atom stereocenters. The van der Waals surface area contributed by atoms with Crippen molar-refractivity contribution in [1.29, 1.82) is 0 Å². The molecule has 2 aromatic heterocycles. The molecule has 3 heterocycles. The summed E-state index contributed by atoms with van der Waals surface area (Å²) in [5.74, 6) is 0. The average molecular weight is 318 g/mol. The number of nitrogens with zero attached hydrogens (tertiary/aromatic N) is 2. The molecule has 0 aromatic carbocycles. The van der Waals surface area contributed by atoms with Gasteiger partial charge in [-0.1, -0.05) is 0 Å². The number of H-pyrrole nitrogens is 1. The second kappa shape index (κ2) is 6.12. The lowest BCUT2D eigenvalue weighted by Crippen LogP contribution is -2.39. The third-order valence-electron chi connectivity index (χ3n) is 4.24. The van der Waals surface area contributed by atoms with Gasteiger partial charge in [-0.15, -0.1) is 11.3 Å². The van der Waals surface area contributed by atoms with E-state index < -0.39 is 0 Å². The van der Waals surface area contributed by atoms with Crippen LogP contribution in [-0.4, -0.2) is 27.7 Å². The molecular formula is C16H22N4OS. The molecule has 1 fully saturated rings. The van der Waals surface area contributed by atoms with E-state index >= 15 is 0 Å². The van der Waals surface area contributed by atoms with Crippen molar-refractivity contribution in [3.8, 4) is 0 Å². The van der Waals surface area contributed by atoms with Gasteiger partial charge in [0.15, 0.2) is 0 Å². The van der Waals surface area contributed by atoms with Gasteiger partial charge in [0.2, 0.25) is 0 Å². The SMILES string of the molecule is Cc1ccc(CNC(=O)N2CCCC2c2c(C)n[nH]c2C)s1. The number of carbonyl (C=O) groups is 1. The lowest BCUT2D eigenvalue weighted by Gasteiger charge is -2.25. The summed E-state index contributed by atoms with van der Waals surface area (Å²) in [7, 11) is 0.